The molecule has 1 atom stereocenters. The van der Waals surface area contributed by atoms with Gasteiger partial charge in [-0.3, -0.25) is 14.4 Å². The summed E-state index contributed by atoms with van der Waals surface area (Å²) < 4.78 is 5.44. The van der Waals surface area contributed by atoms with E-state index in [1.165, 1.54) is 7.11 Å². The van der Waals surface area contributed by atoms with Crippen molar-refractivity contribution in [3.8, 4) is 5.75 Å². The Kier molecular flexibility index (Phi) is 4.73. The van der Waals surface area contributed by atoms with Gasteiger partial charge in [-0.1, -0.05) is 18.2 Å². The summed E-state index contributed by atoms with van der Waals surface area (Å²) in [6.07, 6.45) is 1.45. The molecule has 0 spiro atoms. The van der Waals surface area contributed by atoms with E-state index in [4.69, 9.17) is 4.74 Å². The molecule has 1 saturated heterocycles. The Balaban J connectivity index is 1.57. The van der Waals surface area contributed by atoms with Gasteiger partial charge in [-0.15, -0.1) is 0 Å². The first kappa shape index (κ1) is 18.0. The second-order valence-electron chi connectivity index (χ2n) is 6.92. The average Bonchev–Trinajstić information content (AvgIpc) is 3.12. The number of anilines is 3. The van der Waals surface area contributed by atoms with Gasteiger partial charge in [-0.2, -0.15) is 0 Å². The Hall–Kier alpha value is -3.35. The zero-order chi connectivity index (χ0) is 19.7. The number of carbonyl (C=O) groups excluding carboxylic acids is 3. The summed E-state index contributed by atoms with van der Waals surface area (Å²) in [5, 5.41) is 5.67. The zero-order valence-electron chi connectivity index (χ0n) is 15.5. The van der Waals surface area contributed by atoms with Crippen molar-refractivity contribution in [2.75, 3.05) is 29.2 Å². The molecule has 0 aliphatic carbocycles. The van der Waals surface area contributed by atoms with Crippen LogP contribution in [0.25, 0.3) is 0 Å². The monoisotopic (exact) mass is 379 g/mol. The number of fused-ring (bicyclic) bond motifs is 1. The molecule has 0 radical (unpaired) electrons. The van der Waals surface area contributed by atoms with Crippen LogP contribution >= 0.6 is 0 Å². The minimum absolute atomic E-state index is 0.0694. The summed E-state index contributed by atoms with van der Waals surface area (Å²) in [5.74, 6) is -0.404. The third kappa shape index (κ3) is 3.31. The molecule has 1 unspecified atom stereocenters. The maximum absolute atomic E-state index is 12.9. The SMILES string of the molecule is COc1cc(NC(=O)C2CC(=O)Nc3ccccc32)ccc1N1CCCC1=O. The maximum atomic E-state index is 12.9. The van der Waals surface area contributed by atoms with E-state index in [9.17, 15) is 14.4 Å². The van der Waals surface area contributed by atoms with Crippen molar-refractivity contribution in [3.05, 3.63) is 48.0 Å². The van der Waals surface area contributed by atoms with Crippen LogP contribution < -0.4 is 20.3 Å². The van der Waals surface area contributed by atoms with Crippen molar-refractivity contribution in [1.29, 1.82) is 0 Å². The average molecular weight is 379 g/mol. The number of methoxy groups -OCH3 is 1. The molecule has 4 rings (SSSR count). The van der Waals surface area contributed by atoms with E-state index in [1.807, 2.05) is 18.2 Å². The Labute approximate surface area is 162 Å². The molecular formula is C21H21N3O4. The maximum Gasteiger partial charge on any atom is 0.232 e. The number of hydrogen-bond acceptors (Lipinski definition) is 4. The molecule has 7 heteroatoms. The zero-order valence-corrected chi connectivity index (χ0v) is 15.5. The number of amides is 3. The first-order valence-electron chi connectivity index (χ1n) is 9.25. The fourth-order valence-electron chi connectivity index (χ4n) is 3.76. The quantitative estimate of drug-likeness (QED) is 0.855. The van der Waals surface area contributed by atoms with Gasteiger partial charge in [0, 0.05) is 36.8 Å². The highest BCUT2D eigenvalue weighted by Gasteiger charge is 2.31. The molecule has 2 aliphatic rings. The van der Waals surface area contributed by atoms with Crippen LogP contribution in [0.15, 0.2) is 42.5 Å². The van der Waals surface area contributed by atoms with Crippen LogP contribution in [0.2, 0.25) is 0 Å². The number of carbonyl (C=O) groups is 3. The van der Waals surface area contributed by atoms with E-state index in [0.29, 0.717) is 35.8 Å². The largest absolute Gasteiger partial charge is 0.494 e. The van der Waals surface area contributed by atoms with Gasteiger partial charge in [0.2, 0.25) is 17.7 Å². The van der Waals surface area contributed by atoms with Gasteiger partial charge in [0.15, 0.2) is 0 Å². The topological polar surface area (TPSA) is 87.7 Å². The van der Waals surface area contributed by atoms with Crippen LogP contribution in [0.4, 0.5) is 17.1 Å². The lowest BCUT2D eigenvalue weighted by Gasteiger charge is -2.25. The first-order valence-corrected chi connectivity index (χ1v) is 9.25. The normalized spacial score (nSPS) is 18.5. The van der Waals surface area contributed by atoms with E-state index in [2.05, 4.69) is 10.6 Å². The Morgan fingerprint density at radius 1 is 1.21 bits per heavy atom. The molecule has 2 aliphatic heterocycles. The van der Waals surface area contributed by atoms with E-state index < -0.39 is 5.92 Å². The van der Waals surface area contributed by atoms with Crippen LogP contribution in [-0.2, 0) is 14.4 Å². The molecule has 3 amide bonds. The highest BCUT2D eigenvalue weighted by atomic mass is 16.5. The highest BCUT2D eigenvalue weighted by molar-refractivity contribution is 6.05. The third-order valence-electron chi connectivity index (χ3n) is 5.13. The summed E-state index contributed by atoms with van der Waals surface area (Å²) in [4.78, 5) is 38.6. The molecule has 2 aromatic rings. The van der Waals surface area contributed by atoms with Crippen molar-refractivity contribution in [3.63, 3.8) is 0 Å². The highest BCUT2D eigenvalue weighted by Crippen LogP contribution is 2.36. The van der Waals surface area contributed by atoms with Crippen molar-refractivity contribution in [2.45, 2.75) is 25.2 Å². The van der Waals surface area contributed by atoms with Crippen molar-refractivity contribution in [1.82, 2.24) is 0 Å². The van der Waals surface area contributed by atoms with E-state index in [0.717, 1.165) is 12.0 Å². The van der Waals surface area contributed by atoms with Crippen molar-refractivity contribution >= 4 is 34.8 Å². The number of hydrogen-bond donors (Lipinski definition) is 2. The number of rotatable bonds is 4. The summed E-state index contributed by atoms with van der Waals surface area (Å²) in [6.45, 7) is 0.662. The van der Waals surface area contributed by atoms with Crippen LogP contribution in [0.3, 0.4) is 0 Å². The van der Waals surface area contributed by atoms with Gasteiger partial charge in [-0.25, -0.2) is 0 Å². The van der Waals surface area contributed by atoms with Crippen LogP contribution in [0, 0.1) is 0 Å². The molecule has 0 aromatic heterocycles. The minimum Gasteiger partial charge on any atom is -0.494 e. The summed E-state index contributed by atoms with van der Waals surface area (Å²) >= 11 is 0. The number of para-hydroxylation sites is 1. The Bertz CT molecular complexity index is 956. The van der Waals surface area contributed by atoms with Crippen molar-refractivity contribution in [2.24, 2.45) is 0 Å². The second kappa shape index (κ2) is 7.34. The van der Waals surface area contributed by atoms with Gasteiger partial charge in [0.05, 0.1) is 18.7 Å². The van der Waals surface area contributed by atoms with Gasteiger partial charge in [0.1, 0.15) is 5.75 Å². The predicted octanol–water partition coefficient (Wildman–Crippen LogP) is 2.89. The van der Waals surface area contributed by atoms with Crippen LogP contribution in [0.5, 0.6) is 5.75 Å². The Morgan fingerprint density at radius 3 is 2.79 bits per heavy atom. The fraction of sp³-hybridized carbons (Fsp3) is 0.286. The summed E-state index contributed by atoms with van der Waals surface area (Å²) in [6, 6.07) is 12.5. The summed E-state index contributed by atoms with van der Waals surface area (Å²) in [7, 11) is 1.53. The Morgan fingerprint density at radius 2 is 2.04 bits per heavy atom. The van der Waals surface area contributed by atoms with Gasteiger partial charge >= 0.3 is 0 Å². The minimum atomic E-state index is -0.559. The first-order chi connectivity index (χ1) is 13.6. The predicted molar refractivity (Wildman–Crippen MR) is 106 cm³/mol. The van der Waals surface area contributed by atoms with Crippen molar-refractivity contribution < 1.29 is 19.1 Å². The number of nitrogens with one attached hydrogen (secondary N) is 2. The fourth-order valence-corrected chi connectivity index (χ4v) is 3.76. The molecular weight excluding hydrogens is 358 g/mol. The van der Waals surface area contributed by atoms with Gasteiger partial charge < -0.3 is 20.3 Å². The molecule has 28 heavy (non-hydrogen) atoms. The third-order valence-corrected chi connectivity index (χ3v) is 5.13. The molecule has 2 heterocycles. The smallest absolute Gasteiger partial charge is 0.232 e. The van der Waals surface area contributed by atoms with Crippen LogP contribution in [0.1, 0.15) is 30.7 Å². The van der Waals surface area contributed by atoms with E-state index in [1.54, 1.807) is 29.2 Å². The molecule has 2 aromatic carbocycles. The van der Waals surface area contributed by atoms with E-state index >= 15 is 0 Å². The van der Waals surface area contributed by atoms with Crippen LogP contribution in [-0.4, -0.2) is 31.4 Å². The molecule has 7 nitrogen and oxygen atoms in total. The number of benzene rings is 2. The lowest BCUT2D eigenvalue weighted by Crippen LogP contribution is -2.30. The molecule has 144 valence electrons. The summed E-state index contributed by atoms with van der Waals surface area (Å²) in [5.41, 5.74) is 2.72. The number of nitrogens with zero attached hydrogens (tertiary/aromatic N) is 1. The molecule has 0 saturated carbocycles. The standard InChI is InChI=1S/C21H21N3O4/c1-28-18-11-13(8-9-17(18)24-10-4-7-20(24)26)22-21(27)15-12-19(25)23-16-6-3-2-5-14(15)16/h2-3,5-6,8-9,11,15H,4,7,10,12H2,1H3,(H,22,27)(H,23,25). The van der Waals surface area contributed by atoms with Gasteiger partial charge in [0.25, 0.3) is 0 Å². The second-order valence-corrected chi connectivity index (χ2v) is 6.92. The van der Waals surface area contributed by atoms with Gasteiger partial charge in [-0.05, 0) is 30.2 Å². The lowest BCUT2D eigenvalue weighted by molar-refractivity contribution is -0.123. The lowest BCUT2D eigenvalue weighted by atomic mass is 9.90. The number of ether oxygens (including phenoxy) is 1. The molecule has 2 N–H and O–H groups in total. The van der Waals surface area contributed by atoms with E-state index in [-0.39, 0.29) is 24.1 Å². The molecule has 1 fully saturated rings. The molecule has 0 bridgehead atoms.